The van der Waals surface area contributed by atoms with Crippen LogP contribution in [0.3, 0.4) is 0 Å². The number of anilines is 1. The summed E-state index contributed by atoms with van der Waals surface area (Å²) in [6.45, 7) is 2.58. The first kappa shape index (κ1) is 26.8. The monoisotopic (exact) mass is 537 g/mol. The van der Waals surface area contributed by atoms with E-state index in [0.717, 1.165) is 4.31 Å². The highest BCUT2D eigenvalue weighted by atomic mass is 32.2. The third kappa shape index (κ3) is 5.22. The molecule has 0 saturated heterocycles. The normalized spacial score (nSPS) is 11.6. The van der Waals surface area contributed by atoms with Gasteiger partial charge in [-0.05, 0) is 44.2 Å². The van der Waals surface area contributed by atoms with E-state index in [9.17, 15) is 13.5 Å². The van der Waals surface area contributed by atoms with Gasteiger partial charge in [0.15, 0.2) is 23.1 Å². The van der Waals surface area contributed by atoms with Crippen molar-refractivity contribution in [1.82, 2.24) is 19.9 Å². The Hall–Kier alpha value is -4.29. The number of hydrogen-bond acceptors (Lipinski definition) is 10. The van der Waals surface area contributed by atoms with E-state index >= 15 is 0 Å². The van der Waals surface area contributed by atoms with Gasteiger partial charge in [0, 0.05) is 12.4 Å². The summed E-state index contributed by atoms with van der Waals surface area (Å²) in [4.78, 5) is 17.4. The van der Waals surface area contributed by atoms with E-state index in [4.69, 9.17) is 14.2 Å². The van der Waals surface area contributed by atoms with E-state index in [1.165, 1.54) is 38.7 Å². The van der Waals surface area contributed by atoms with Crippen LogP contribution in [0.1, 0.15) is 13.8 Å². The van der Waals surface area contributed by atoms with E-state index < -0.39 is 22.2 Å². The Balaban J connectivity index is 2.06. The van der Waals surface area contributed by atoms with Crippen molar-refractivity contribution in [2.24, 2.45) is 0 Å². The molecule has 0 spiro atoms. The predicted molar refractivity (Wildman–Crippen MR) is 140 cm³/mol. The zero-order valence-corrected chi connectivity index (χ0v) is 22.1. The molecule has 0 saturated carbocycles. The van der Waals surface area contributed by atoms with Crippen LogP contribution < -0.4 is 18.5 Å². The van der Waals surface area contributed by atoms with Gasteiger partial charge in [-0.3, -0.25) is 0 Å². The van der Waals surface area contributed by atoms with Gasteiger partial charge in [0.25, 0.3) is 15.9 Å². The number of nitrogens with zero attached hydrogens (tertiary/aromatic N) is 5. The van der Waals surface area contributed by atoms with Gasteiger partial charge in [-0.2, -0.15) is 4.98 Å². The van der Waals surface area contributed by atoms with Gasteiger partial charge in [0.2, 0.25) is 11.6 Å². The van der Waals surface area contributed by atoms with E-state index in [0.29, 0.717) is 5.75 Å². The number of aromatic nitrogens is 4. The summed E-state index contributed by atoms with van der Waals surface area (Å²) in [5.74, 6) is 0.397. The zero-order chi connectivity index (χ0) is 27.3. The fourth-order valence-corrected chi connectivity index (χ4v) is 5.37. The minimum absolute atomic E-state index is 0.00757. The Bertz CT molecular complexity index is 1500. The average Bonchev–Trinajstić information content (AvgIpc) is 2.94. The molecule has 4 aromatic rings. The molecule has 0 amide bonds. The summed E-state index contributed by atoms with van der Waals surface area (Å²) in [7, 11) is -1.46. The molecule has 0 aliphatic carbocycles. The smallest absolute Gasteiger partial charge is 0.266 e. The molecule has 0 atom stereocenters. The predicted octanol–water partition coefficient (Wildman–Crippen LogP) is 3.71. The van der Waals surface area contributed by atoms with Crippen LogP contribution in [0.4, 0.5) is 5.82 Å². The highest BCUT2D eigenvalue weighted by molar-refractivity contribution is 7.93. The molecule has 0 unspecified atom stereocenters. The Kier molecular flexibility index (Phi) is 7.74. The third-order valence-electron chi connectivity index (χ3n) is 5.47. The second-order valence-corrected chi connectivity index (χ2v) is 10.4. The topological polar surface area (TPSA) is 137 Å². The minimum atomic E-state index is -4.30. The number of ether oxygens (including phenoxy) is 3. The molecule has 2 aromatic carbocycles. The number of sulfonamides is 1. The maximum Gasteiger partial charge on any atom is 0.266 e. The molecular formula is C26H27N5O6S. The van der Waals surface area contributed by atoms with Gasteiger partial charge in [-0.25, -0.2) is 27.7 Å². The largest absolute Gasteiger partial charge is 0.493 e. The fraction of sp³-hybridized carbons (Fsp3) is 0.231. The summed E-state index contributed by atoms with van der Waals surface area (Å²) < 4.78 is 46.4. The second kappa shape index (κ2) is 11.0. The summed E-state index contributed by atoms with van der Waals surface area (Å²) in [5.41, 5.74) is -1.39. The van der Waals surface area contributed by atoms with Crippen LogP contribution in [0, 0.1) is 0 Å². The molecule has 11 nitrogen and oxygen atoms in total. The molecule has 0 radical (unpaired) electrons. The lowest BCUT2D eigenvalue weighted by Gasteiger charge is -2.37. The molecule has 1 N–H and O–H groups in total. The molecule has 198 valence electrons. The maximum absolute atomic E-state index is 14.1. The summed E-state index contributed by atoms with van der Waals surface area (Å²) >= 11 is 0. The number of rotatable bonds is 10. The standard InChI is InChI=1S/C26H27N5O6S/c1-26(2,17-32)31(38(33,34)18-11-6-5-7-12-18)24-21(37-20-14-9-8-13-19(20)35-3)25(36-4)30-23(29-24)22-27-15-10-16-28-22/h5-16,32H,17H2,1-4H3. The Morgan fingerprint density at radius 2 is 1.47 bits per heavy atom. The lowest BCUT2D eigenvalue weighted by atomic mass is 10.1. The summed E-state index contributed by atoms with van der Waals surface area (Å²) in [5, 5.41) is 10.3. The maximum atomic E-state index is 14.1. The minimum Gasteiger partial charge on any atom is -0.493 e. The van der Waals surface area contributed by atoms with E-state index in [1.54, 1.807) is 62.4 Å². The molecule has 0 aliphatic rings. The van der Waals surface area contributed by atoms with Gasteiger partial charge in [-0.1, -0.05) is 30.3 Å². The summed E-state index contributed by atoms with van der Waals surface area (Å²) in [6.07, 6.45) is 3.01. The van der Waals surface area contributed by atoms with Crippen molar-refractivity contribution in [2.75, 3.05) is 25.1 Å². The van der Waals surface area contributed by atoms with Crippen LogP contribution in [0.15, 0.2) is 78.0 Å². The number of benzene rings is 2. The van der Waals surface area contributed by atoms with Crippen LogP contribution in [-0.4, -0.2) is 59.8 Å². The first-order valence-corrected chi connectivity index (χ1v) is 12.9. The van der Waals surface area contributed by atoms with Crippen molar-refractivity contribution < 1.29 is 27.7 Å². The molecule has 2 heterocycles. The van der Waals surface area contributed by atoms with Crippen molar-refractivity contribution in [3.8, 4) is 34.8 Å². The van der Waals surface area contributed by atoms with E-state index in [2.05, 4.69) is 19.9 Å². The first-order valence-electron chi connectivity index (χ1n) is 11.5. The van der Waals surface area contributed by atoms with E-state index in [-0.39, 0.29) is 39.7 Å². The Labute approximate surface area is 220 Å². The van der Waals surface area contributed by atoms with E-state index in [1.807, 2.05) is 0 Å². The van der Waals surface area contributed by atoms with Gasteiger partial charge in [0.1, 0.15) is 0 Å². The highest BCUT2D eigenvalue weighted by Gasteiger charge is 2.42. The van der Waals surface area contributed by atoms with Crippen molar-refractivity contribution in [2.45, 2.75) is 24.3 Å². The van der Waals surface area contributed by atoms with Crippen LogP contribution in [0.25, 0.3) is 11.6 Å². The molecule has 0 fully saturated rings. The van der Waals surface area contributed by atoms with Crippen molar-refractivity contribution in [3.05, 3.63) is 73.1 Å². The van der Waals surface area contributed by atoms with Crippen LogP contribution in [0.5, 0.6) is 23.1 Å². The van der Waals surface area contributed by atoms with Crippen molar-refractivity contribution >= 4 is 15.8 Å². The van der Waals surface area contributed by atoms with Crippen molar-refractivity contribution in [3.63, 3.8) is 0 Å². The quantitative estimate of drug-likeness (QED) is 0.319. The molecule has 0 aliphatic heterocycles. The molecular weight excluding hydrogens is 510 g/mol. The molecule has 12 heteroatoms. The zero-order valence-electron chi connectivity index (χ0n) is 21.3. The fourth-order valence-electron chi connectivity index (χ4n) is 3.60. The lowest BCUT2D eigenvalue weighted by molar-refractivity contribution is 0.222. The average molecular weight is 538 g/mol. The van der Waals surface area contributed by atoms with Gasteiger partial charge < -0.3 is 19.3 Å². The number of aliphatic hydroxyl groups is 1. The first-order chi connectivity index (χ1) is 18.2. The number of methoxy groups -OCH3 is 2. The Morgan fingerprint density at radius 3 is 2.08 bits per heavy atom. The molecule has 0 bridgehead atoms. The van der Waals surface area contributed by atoms with Gasteiger partial charge in [0.05, 0.1) is 31.3 Å². The lowest BCUT2D eigenvalue weighted by Crippen LogP contribution is -2.51. The third-order valence-corrected chi connectivity index (χ3v) is 7.48. The molecule has 38 heavy (non-hydrogen) atoms. The number of para-hydroxylation sites is 2. The number of hydrogen-bond donors (Lipinski definition) is 1. The second-order valence-electron chi connectivity index (χ2n) is 8.59. The van der Waals surface area contributed by atoms with Crippen LogP contribution in [0.2, 0.25) is 0 Å². The van der Waals surface area contributed by atoms with Gasteiger partial charge in [-0.15, -0.1) is 0 Å². The SMILES string of the molecule is COc1ccccc1Oc1c(OC)nc(-c2ncccn2)nc1N(C(C)(C)CO)S(=O)(=O)c1ccccc1. The van der Waals surface area contributed by atoms with Crippen LogP contribution in [-0.2, 0) is 10.0 Å². The summed E-state index contributed by atoms with van der Waals surface area (Å²) in [6, 6.07) is 16.3. The molecule has 4 rings (SSSR count). The van der Waals surface area contributed by atoms with Crippen LogP contribution >= 0.6 is 0 Å². The Morgan fingerprint density at radius 1 is 0.842 bits per heavy atom. The van der Waals surface area contributed by atoms with Gasteiger partial charge >= 0.3 is 0 Å². The highest BCUT2D eigenvalue weighted by Crippen LogP contribution is 2.45. The number of aliphatic hydroxyl groups excluding tert-OH is 1. The van der Waals surface area contributed by atoms with Crippen molar-refractivity contribution in [1.29, 1.82) is 0 Å². The molecule has 2 aromatic heterocycles.